The molecule has 8 nitrogen and oxygen atoms in total. The molecule has 0 spiro atoms. The van der Waals surface area contributed by atoms with Crippen LogP contribution in [0.1, 0.15) is 26.7 Å². The molecule has 1 saturated heterocycles. The first kappa shape index (κ1) is 17.4. The molecule has 0 bridgehead atoms. The molecule has 3 amide bonds. The Kier molecular flexibility index (Phi) is 6.57. The second kappa shape index (κ2) is 7.94. The van der Waals surface area contributed by atoms with Crippen molar-refractivity contribution < 1.29 is 19.5 Å². The van der Waals surface area contributed by atoms with Gasteiger partial charge in [0.2, 0.25) is 11.8 Å². The molecule has 21 heavy (non-hydrogen) atoms. The molecule has 1 aliphatic rings. The van der Waals surface area contributed by atoms with Crippen LogP contribution in [0.5, 0.6) is 0 Å². The molecule has 0 aliphatic carbocycles. The maximum Gasteiger partial charge on any atom is 0.251 e. The fraction of sp³-hybridized carbons (Fsp3) is 0.769. The number of carbonyl (C=O) groups is 3. The third kappa shape index (κ3) is 5.31. The van der Waals surface area contributed by atoms with Gasteiger partial charge in [0.1, 0.15) is 0 Å². The van der Waals surface area contributed by atoms with Crippen LogP contribution >= 0.6 is 0 Å². The van der Waals surface area contributed by atoms with Gasteiger partial charge in [0.25, 0.3) is 5.91 Å². The summed E-state index contributed by atoms with van der Waals surface area (Å²) in [6, 6.07) is -0.971. The van der Waals surface area contributed by atoms with E-state index in [1.54, 1.807) is 13.8 Å². The number of nitrogens with one attached hydrogen (secondary N) is 3. The van der Waals surface area contributed by atoms with Crippen molar-refractivity contribution in [3.63, 3.8) is 0 Å². The normalized spacial score (nSPS) is 20.8. The highest BCUT2D eigenvalue weighted by Gasteiger charge is 2.34. The molecule has 0 aromatic heterocycles. The Labute approximate surface area is 123 Å². The minimum atomic E-state index is -1.42. The van der Waals surface area contributed by atoms with Crippen molar-refractivity contribution in [2.45, 2.75) is 44.9 Å². The van der Waals surface area contributed by atoms with Crippen LogP contribution in [-0.4, -0.2) is 54.1 Å². The van der Waals surface area contributed by atoms with Crippen molar-refractivity contribution in [2.75, 3.05) is 13.1 Å². The zero-order valence-electron chi connectivity index (χ0n) is 12.4. The summed E-state index contributed by atoms with van der Waals surface area (Å²) in [5, 5.41) is 17.9. The molecule has 1 heterocycles. The van der Waals surface area contributed by atoms with E-state index in [1.165, 1.54) is 0 Å². The molecule has 8 heteroatoms. The highest BCUT2D eigenvalue weighted by molar-refractivity contribution is 5.84. The summed E-state index contributed by atoms with van der Waals surface area (Å²) in [7, 11) is 0. The first-order valence-electron chi connectivity index (χ1n) is 7.10. The highest BCUT2D eigenvalue weighted by atomic mass is 16.3. The van der Waals surface area contributed by atoms with Crippen LogP contribution in [0, 0.1) is 5.92 Å². The number of hydrogen-bond donors (Lipinski definition) is 5. The fourth-order valence-corrected chi connectivity index (χ4v) is 2.26. The van der Waals surface area contributed by atoms with Crippen molar-refractivity contribution in [3.8, 4) is 0 Å². The molecule has 0 saturated carbocycles. The number of aliphatic hydroxyl groups excluding tert-OH is 1. The molecule has 1 aliphatic heterocycles. The van der Waals surface area contributed by atoms with E-state index in [0.29, 0.717) is 13.0 Å². The standard InChI is InChI=1S/C13H24N4O4/c1-7(2)16-13(21)11(19)9(17-10(18)6-14)5-8-3-4-15-12(8)20/h7-9,11,19H,3-6,14H2,1-2H3,(H,15,20)(H,16,21)(H,17,18). The third-order valence-electron chi connectivity index (χ3n) is 3.31. The minimum Gasteiger partial charge on any atom is -0.381 e. The largest absolute Gasteiger partial charge is 0.381 e. The number of rotatable bonds is 7. The van der Waals surface area contributed by atoms with E-state index in [4.69, 9.17) is 5.73 Å². The van der Waals surface area contributed by atoms with Crippen LogP contribution in [0.2, 0.25) is 0 Å². The quantitative estimate of drug-likeness (QED) is 0.365. The molecule has 0 aromatic carbocycles. The van der Waals surface area contributed by atoms with E-state index in [-0.39, 0.29) is 30.8 Å². The number of aliphatic hydroxyl groups is 1. The Hall–Kier alpha value is -1.67. The van der Waals surface area contributed by atoms with Crippen molar-refractivity contribution >= 4 is 17.7 Å². The second-order valence-corrected chi connectivity index (χ2v) is 5.50. The van der Waals surface area contributed by atoms with Crippen molar-refractivity contribution in [1.29, 1.82) is 0 Å². The molecule has 3 atom stereocenters. The average Bonchev–Trinajstić information content (AvgIpc) is 2.81. The zero-order chi connectivity index (χ0) is 16.0. The van der Waals surface area contributed by atoms with Gasteiger partial charge in [-0.1, -0.05) is 0 Å². The van der Waals surface area contributed by atoms with Gasteiger partial charge in [0.05, 0.1) is 12.6 Å². The van der Waals surface area contributed by atoms with Crippen LogP contribution in [0.3, 0.4) is 0 Å². The maximum absolute atomic E-state index is 11.9. The predicted molar refractivity (Wildman–Crippen MR) is 76.0 cm³/mol. The third-order valence-corrected chi connectivity index (χ3v) is 3.31. The number of hydrogen-bond acceptors (Lipinski definition) is 5. The summed E-state index contributed by atoms with van der Waals surface area (Å²) >= 11 is 0. The predicted octanol–water partition coefficient (Wildman–Crippen LogP) is -2.16. The number of nitrogens with two attached hydrogens (primary N) is 1. The van der Waals surface area contributed by atoms with E-state index >= 15 is 0 Å². The lowest BCUT2D eigenvalue weighted by atomic mass is 9.94. The summed E-state index contributed by atoms with van der Waals surface area (Å²) < 4.78 is 0. The lowest BCUT2D eigenvalue weighted by molar-refractivity contribution is -0.134. The van der Waals surface area contributed by atoms with Crippen LogP contribution in [0.4, 0.5) is 0 Å². The first-order chi connectivity index (χ1) is 9.85. The van der Waals surface area contributed by atoms with Gasteiger partial charge in [-0.3, -0.25) is 14.4 Å². The lowest BCUT2D eigenvalue weighted by Crippen LogP contribution is -2.53. The molecule has 3 unspecified atom stereocenters. The van der Waals surface area contributed by atoms with Gasteiger partial charge in [-0.15, -0.1) is 0 Å². The van der Waals surface area contributed by atoms with E-state index in [2.05, 4.69) is 16.0 Å². The molecule has 1 fully saturated rings. The van der Waals surface area contributed by atoms with Crippen LogP contribution in [0.15, 0.2) is 0 Å². The fourth-order valence-electron chi connectivity index (χ4n) is 2.26. The summed E-state index contributed by atoms with van der Waals surface area (Å²) in [6.07, 6.45) is -0.604. The maximum atomic E-state index is 11.9. The summed E-state index contributed by atoms with van der Waals surface area (Å²) in [5.41, 5.74) is 5.24. The molecular weight excluding hydrogens is 276 g/mol. The molecular formula is C13H24N4O4. The summed E-state index contributed by atoms with van der Waals surface area (Å²) in [4.78, 5) is 34.9. The Bertz CT molecular complexity index is 400. The van der Waals surface area contributed by atoms with Crippen LogP contribution in [0.25, 0.3) is 0 Å². The van der Waals surface area contributed by atoms with E-state index < -0.39 is 24.0 Å². The number of carbonyl (C=O) groups excluding carboxylic acids is 3. The van der Waals surface area contributed by atoms with Crippen LogP contribution in [-0.2, 0) is 14.4 Å². The van der Waals surface area contributed by atoms with Gasteiger partial charge in [-0.05, 0) is 26.7 Å². The van der Waals surface area contributed by atoms with Gasteiger partial charge < -0.3 is 26.8 Å². The monoisotopic (exact) mass is 300 g/mol. The Morgan fingerprint density at radius 1 is 1.43 bits per heavy atom. The first-order valence-corrected chi connectivity index (χ1v) is 7.10. The molecule has 0 radical (unpaired) electrons. The van der Waals surface area contributed by atoms with Crippen LogP contribution < -0.4 is 21.7 Å². The van der Waals surface area contributed by atoms with Crippen molar-refractivity contribution in [1.82, 2.24) is 16.0 Å². The SMILES string of the molecule is CC(C)NC(=O)C(O)C(CC1CCNC1=O)NC(=O)CN. The molecule has 1 rings (SSSR count). The smallest absolute Gasteiger partial charge is 0.251 e. The highest BCUT2D eigenvalue weighted by Crippen LogP contribution is 2.18. The van der Waals surface area contributed by atoms with E-state index in [1.807, 2.05) is 0 Å². The number of amides is 3. The Morgan fingerprint density at radius 2 is 2.10 bits per heavy atom. The van der Waals surface area contributed by atoms with E-state index in [0.717, 1.165) is 0 Å². The lowest BCUT2D eigenvalue weighted by Gasteiger charge is -2.25. The zero-order valence-corrected chi connectivity index (χ0v) is 12.4. The average molecular weight is 300 g/mol. The van der Waals surface area contributed by atoms with Crippen molar-refractivity contribution in [2.24, 2.45) is 11.7 Å². The van der Waals surface area contributed by atoms with Gasteiger partial charge in [0.15, 0.2) is 6.10 Å². The minimum absolute atomic E-state index is 0.126. The second-order valence-electron chi connectivity index (χ2n) is 5.50. The van der Waals surface area contributed by atoms with Gasteiger partial charge in [-0.25, -0.2) is 0 Å². The Balaban J connectivity index is 2.72. The molecule has 6 N–H and O–H groups in total. The Morgan fingerprint density at radius 3 is 2.57 bits per heavy atom. The van der Waals surface area contributed by atoms with Gasteiger partial charge >= 0.3 is 0 Å². The molecule has 120 valence electrons. The summed E-state index contributed by atoms with van der Waals surface area (Å²) in [6.45, 7) is 3.85. The topological polar surface area (TPSA) is 134 Å². The molecule has 0 aromatic rings. The van der Waals surface area contributed by atoms with Crippen molar-refractivity contribution in [3.05, 3.63) is 0 Å². The van der Waals surface area contributed by atoms with E-state index in [9.17, 15) is 19.5 Å². The summed E-state index contributed by atoms with van der Waals surface area (Å²) in [5.74, 6) is -1.51. The van der Waals surface area contributed by atoms with Gasteiger partial charge in [0, 0.05) is 18.5 Å². The van der Waals surface area contributed by atoms with Gasteiger partial charge in [-0.2, -0.15) is 0 Å².